The lowest BCUT2D eigenvalue weighted by molar-refractivity contribution is -0.117. The molecule has 3 nitrogen and oxygen atoms in total. The molecule has 0 aromatic carbocycles. The Morgan fingerprint density at radius 2 is 1.81 bits per heavy atom. The van der Waals surface area contributed by atoms with E-state index in [2.05, 4.69) is 9.88 Å². The second-order valence-corrected chi connectivity index (χ2v) is 9.46. The van der Waals surface area contributed by atoms with Crippen molar-refractivity contribution in [3.63, 3.8) is 0 Å². The van der Waals surface area contributed by atoms with Crippen LogP contribution < -0.4 is 4.90 Å². The molecule has 0 spiro atoms. The fourth-order valence-corrected chi connectivity index (χ4v) is 8.10. The number of carbonyl (C=O) groups excluding carboxylic acids is 1. The van der Waals surface area contributed by atoms with Crippen LogP contribution in [0, 0.1) is 23.2 Å². The van der Waals surface area contributed by atoms with E-state index in [-0.39, 0.29) is 5.91 Å². The quantitative estimate of drug-likeness (QED) is 0.832. The lowest BCUT2D eigenvalue weighted by Gasteiger charge is -2.59. The molecule has 21 heavy (non-hydrogen) atoms. The maximum Gasteiger partial charge on any atom is 0.239 e. The Bertz CT molecular complexity index is 536. The highest BCUT2D eigenvalue weighted by atomic mass is 32.2. The summed E-state index contributed by atoms with van der Waals surface area (Å²) in [5.41, 5.74) is 0.386. The van der Waals surface area contributed by atoms with E-state index in [9.17, 15) is 4.79 Å². The van der Waals surface area contributed by atoms with Gasteiger partial charge in [0.2, 0.25) is 5.91 Å². The van der Waals surface area contributed by atoms with E-state index in [0.29, 0.717) is 16.5 Å². The van der Waals surface area contributed by atoms with Crippen LogP contribution in [0.3, 0.4) is 0 Å². The Morgan fingerprint density at radius 3 is 2.38 bits per heavy atom. The highest BCUT2D eigenvalue weighted by Crippen LogP contribution is 2.64. The van der Waals surface area contributed by atoms with Gasteiger partial charge in [-0.15, -0.1) is 23.1 Å². The van der Waals surface area contributed by atoms with Gasteiger partial charge < -0.3 is 0 Å². The van der Waals surface area contributed by atoms with E-state index >= 15 is 0 Å². The van der Waals surface area contributed by atoms with Crippen LogP contribution in [0.25, 0.3) is 0 Å². The van der Waals surface area contributed by atoms with E-state index < -0.39 is 0 Å². The van der Waals surface area contributed by atoms with Crippen molar-refractivity contribution in [3.05, 3.63) is 11.6 Å². The number of nitrogens with zero attached hydrogens (tertiary/aromatic N) is 2. The molecule has 2 heterocycles. The zero-order valence-corrected chi connectivity index (χ0v) is 13.7. The number of rotatable bonds is 2. The maximum atomic E-state index is 12.4. The van der Waals surface area contributed by atoms with Gasteiger partial charge >= 0.3 is 0 Å². The van der Waals surface area contributed by atoms with Crippen molar-refractivity contribution in [1.29, 1.82) is 0 Å². The molecule has 5 fully saturated rings. The van der Waals surface area contributed by atoms with Gasteiger partial charge in [-0.25, -0.2) is 4.98 Å². The zero-order chi connectivity index (χ0) is 14.0. The predicted octanol–water partition coefficient (Wildman–Crippen LogP) is 3.77. The largest absolute Gasteiger partial charge is 0.274 e. The number of amides is 1. The molecule has 1 aliphatic heterocycles. The molecular weight excluding hydrogens is 300 g/mol. The number of thioether (sulfide) groups is 1. The van der Waals surface area contributed by atoms with Gasteiger partial charge in [-0.2, -0.15) is 0 Å². The summed E-state index contributed by atoms with van der Waals surface area (Å²) in [4.78, 5) is 18.9. The summed E-state index contributed by atoms with van der Waals surface area (Å²) >= 11 is 3.50. The van der Waals surface area contributed by atoms with Crippen molar-refractivity contribution in [2.75, 3.05) is 10.7 Å². The third-order valence-corrected chi connectivity index (χ3v) is 8.31. The van der Waals surface area contributed by atoms with Crippen LogP contribution in [-0.4, -0.2) is 22.0 Å². The van der Waals surface area contributed by atoms with E-state index in [4.69, 9.17) is 0 Å². The number of carbonyl (C=O) groups is 1. The Hall–Kier alpha value is -0.550. The molecule has 1 amide bonds. The molecule has 112 valence electrons. The minimum atomic E-state index is 0.274. The summed E-state index contributed by atoms with van der Waals surface area (Å²) in [5, 5.41) is 3.26. The van der Waals surface area contributed by atoms with Gasteiger partial charge in [-0.1, -0.05) is 0 Å². The van der Waals surface area contributed by atoms with Gasteiger partial charge in [-0.3, -0.25) is 9.69 Å². The fraction of sp³-hybridized carbons (Fsp3) is 0.750. The number of thiazole rings is 1. The minimum absolute atomic E-state index is 0.274. The summed E-state index contributed by atoms with van der Waals surface area (Å²) in [7, 11) is 0. The zero-order valence-electron chi connectivity index (χ0n) is 12.0. The summed E-state index contributed by atoms with van der Waals surface area (Å²) in [6.45, 7) is 0. The Morgan fingerprint density at radius 1 is 1.14 bits per heavy atom. The maximum absolute atomic E-state index is 12.4. The lowest BCUT2D eigenvalue weighted by Crippen LogP contribution is -2.55. The molecule has 6 rings (SSSR count). The van der Waals surface area contributed by atoms with E-state index in [1.165, 1.54) is 38.5 Å². The SMILES string of the molecule is O=C1CS[C@@H](C23CC4CC(CC(C4)C2)C3)N1c1nccs1. The van der Waals surface area contributed by atoms with Crippen LogP contribution in [0.1, 0.15) is 38.5 Å². The van der Waals surface area contributed by atoms with Crippen molar-refractivity contribution in [3.8, 4) is 0 Å². The first-order valence-electron chi connectivity index (χ1n) is 8.07. The molecule has 5 aliphatic rings. The molecule has 4 saturated carbocycles. The van der Waals surface area contributed by atoms with Crippen LogP contribution in [0.5, 0.6) is 0 Å². The van der Waals surface area contributed by atoms with Gasteiger partial charge in [0.15, 0.2) is 5.13 Å². The molecule has 0 unspecified atom stereocenters. The Kier molecular flexibility index (Phi) is 2.76. The van der Waals surface area contributed by atoms with Gasteiger partial charge in [0, 0.05) is 17.0 Å². The molecule has 4 bridgehead atoms. The summed E-state index contributed by atoms with van der Waals surface area (Å²) in [5.74, 6) is 3.73. The summed E-state index contributed by atoms with van der Waals surface area (Å²) in [6, 6.07) is 0. The van der Waals surface area contributed by atoms with Crippen molar-refractivity contribution in [2.24, 2.45) is 23.2 Å². The first kappa shape index (κ1) is 12.9. The molecule has 1 aromatic rings. The number of hydrogen-bond donors (Lipinski definition) is 0. The minimum Gasteiger partial charge on any atom is -0.274 e. The van der Waals surface area contributed by atoms with Crippen molar-refractivity contribution >= 4 is 34.1 Å². The highest BCUT2D eigenvalue weighted by Gasteiger charge is 2.58. The summed E-state index contributed by atoms with van der Waals surface area (Å²) in [6.07, 6.45) is 10.3. The van der Waals surface area contributed by atoms with Gasteiger partial charge in [0.1, 0.15) is 0 Å². The van der Waals surface area contributed by atoms with Crippen LogP contribution in [0.4, 0.5) is 5.13 Å². The average Bonchev–Trinajstić information content (AvgIpc) is 3.05. The van der Waals surface area contributed by atoms with Gasteiger partial charge in [-0.05, 0) is 56.3 Å². The lowest BCUT2D eigenvalue weighted by atomic mass is 9.49. The molecule has 1 saturated heterocycles. The van der Waals surface area contributed by atoms with Gasteiger partial charge in [0.25, 0.3) is 0 Å². The van der Waals surface area contributed by atoms with Crippen LogP contribution in [-0.2, 0) is 4.79 Å². The predicted molar refractivity (Wildman–Crippen MR) is 86.5 cm³/mol. The van der Waals surface area contributed by atoms with Crippen molar-refractivity contribution < 1.29 is 4.79 Å². The molecule has 0 N–H and O–H groups in total. The molecule has 0 radical (unpaired) electrons. The van der Waals surface area contributed by atoms with Crippen molar-refractivity contribution in [2.45, 2.75) is 43.9 Å². The highest BCUT2D eigenvalue weighted by molar-refractivity contribution is 8.01. The fourth-order valence-electron chi connectivity index (χ4n) is 5.90. The monoisotopic (exact) mass is 320 g/mol. The molecule has 5 heteroatoms. The normalized spacial score (nSPS) is 44.8. The molecule has 1 aromatic heterocycles. The Balaban J connectivity index is 1.53. The van der Waals surface area contributed by atoms with E-state index in [0.717, 1.165) is 22.9 Å². The van der Waals surface area contributed by atoms with Gasteiger partial charge in [0.05, 0.1) is 11.1 Å². The first-order valence-corrected chi connectivity index (χ1v) is 9.99. The molecule has 1 atom stereocenters. The molecule has 4 aliphatic carbocycles. The van der Waals surface area contributed by atoms with Crippen molar-refractivity contribution in [1.82, 2.24) is 4.98 Å². The third kappa shape index (κ3) is 1.86. The average molecular weight is 320 g/mol. The second-order valence-electron chi connectivity index (χ2n) is 7.52. The van der Waals surface area contributed by atoms with Crippen LogP contribution in [0.2, 0.25) is 0 Å². The Labute approximate surface area is 133 Å². The molecular formula is C16H20N2OS2. The first-order chi connectivity index (χ1) is 10.2. The summed E-state index contributed by atoms with van der Waals surface area (Å²) < 4.78 is 0. The topological polar surface area (TPSA) is 33.2 Å². The smallest absolute Gasteiger partial charge is 0.239 e. The van der Waals surface area contributed by atoms with Crippen LogP contribution in [0.15, 0.2) is 11.6 Å². The second kappa shape index (κ2) is 4.48. The number of anilines is 1. The van der Waals surface area contributed by atoms with E-state index in [1.807, 2.05) is 23.3 Å². The standard InChI is InChI=1S/C16H20N2OS2/c19-13-9-21-14(18(13)15-17-1-2-20-15)16-6-10-3-11(7-16)5-12(4-10)8-16/h1-2,10-12,14H,3-9H2/t10?,11?,12?,14-,16?/m0/s1. The van der Waals surface area contributed by atoms with Crippen LogP contribution >= 0.6 is 23.1 Å². The third-order valence-electron chi connectivity index (χ3n) is 6.10. The number of aromatic nitrogens is 1. The number of hydrogen-bond acceptors (Lipinski definition) is 4. The van der Waals surface area contributed by atoms with E-state index in [1.54, 1.807) is 11.3 Å².